The molecule has 0 spiro atoms. The predicted molar refractivity (Wildman–Crippen MR) is 66.6 cm³/mol. The standard InChI is InChI=1S/C12H26N2O2/c1-11(2,3)13-8-9-14(7)10(15)16-12(4,5)6/h13H,8-9H2,1-7H3. The summed E-state index contributed by atoms with van der Waals surface area (Å²) in [7, 11) is 1.75. The summed E-state index contributed by atoms with van der Waals surface area (Å²) < 4.78 is 5.24. The Labute approximate surface area is 99.3 Å². The van der Waals surface area contributed by atoms with Crippen LogP contribution in [0.5, 0.6) is 0 Å². The lowest BCUT2D eigenvalue weighted by atomic mass is 10.1. The Hall–Kier alpha value is -0.770. The summed E-state index contributed by atoms with van der Waals surface area (Å²) in [6.45, 7) is 13.3. The van der Waals surface area contributed by atoms with Crippen molar-refractivity contribution in [1.29, 1.82) is 0 Å². The van der Waals surface area contributed by atoms with Gasteiger partial charge >= 0.3 is 6.09 Å². The van der Waals surface area contributed by atoms with Crippen LogP contribution in [-0.4, -0.2) is 42.3 Å². The topological polar surface area (TPSA) is 41.6 Å². The van der Waals surface area contributed by atoms with Crippen molar-refractivity contribution in [1.82, 2.24) is 10.2 Å². The van der Waals surface area contributed by atoms with Gasteiger partial charge in [0.25, 0.3) is 0 Å². The fourth-order valence-corrected chi connectivity index (χ4v) is 1.03. The summed E-state index contributed by atoms with van der Waals surface area (Å²) in [5.74, 6) is 0. The summed E-state index contributed by atoms with van der Waals surface area (Å²) >= 11 is 0. The second kappa shape index (κ2) is 5.53. The second-order valence-corrected chi connectivity index (χ2v) is 6.08. The average Bonchev–Trinajstić information content (AvgIpc) is 1.98. The van der Waals surface area contributed by atoms with Gasteiger partial charge in [-0.25, -0.2) is 4.79 Å². The van der Waals surface area contributed by atoms with Crippen molar-refractivity contribution in [2.45, 2.75) is 52.7 Å². The molecule has 4 nitrogen and oxygen atoms in total. The molecule has 0 aliphatic carbocycles. The number of nitrogens with one attached hydrogen (secondary N) is 1. The monoisotopic (exact) mass is 230 g/mol. The van der Waals surface area contributed by atoms with Gasteiger partial charge in [0, 0.05) is 25.7 Å². The number of rotatable bonds is 3. The Kier molecular flexibility index (Phi) is 5.26. The van der Waals surface area contributed by atoms with Crippen LogP contribution in [0.15, 0.2) is 0 Å². The summed E-state index contributed by atoms with van der Waals surface area (Å²) in [5, 5.41) is 3.32. The van der Waals surface area contributed by atoms with Crippen LogP contribution < -0.4 is 5.32 Å². The van der Waals surface area contributed by atoms with Gasteiger partial charge in [-0.15, -0.1) is 0 Å². The van der Waals surface area contributed by atoms with Crippen molar-refractivity contribution >= 4 is 6.09 Å². The van der Waals surface area contributed by atoms with Crippen LogP contribution in [0.4, 0.5) is 4.79 Å². The van der Waals surface area contributed by atoms with E-state index in [2.05, 4.69) is 26.1 Å². The van der Waals surface area contributed by atoms with Crippen LogP contribution in [0.25, 0.3) is 0 Å². The number of amides is 1. The van der Waals surface area contributed by atoms with E-state index in [9.17, 15) is 4.79 Å². The lowest BCUT2D eigenvalue weighted by molar-refractivity contribution is 0.0298. The fraction of sp³-hybridized carbons (Fsp3) is 0.917. The molecule has 0 bridgehead atoms. The third-order valence-electron chi connectivity index (χ3n) is 1.81. The first-order valence-corrected chi connectivity index (χ1v) is 5.70. The molecule has 0 aromatic heterocycles. The molecule has 16 heavy (non-hydrogen) atoms. The van der Waals surface area contributed by atoms with Crippen LogP contribution in [0.3, 0.4) is 0 Å². The lowest BCUT2D eigenvalue weighted by Crippen LogP contribution is -2.43. The number of carbonyl (C=O) groups excluding carboxylic acids is 1. The van der Waals surface area contributed by atoms with E-state index in [1.165, 1.54) is 0 Å². The highest BCUT2D eigenvalue weighted by Gasteiger charge is 2.19. The number of hydrogen-bond donors (Lipinski definition) is 1. The van der Waals surface area contributed by atoms with Gasteiger partial charge < -0.3 is 15.0 Å². The van der Waals surface area contributed by atoms with Crippen LogP contribution in [0.2, 0.25) is 0 Å². The molecule has 0 aromatic rings. The molecule has 0 aromatic carbocycles. The molecule has 0 aliphatic rings. The first kappa shape index (κ1) is 15.2. The van der Waals surface area contributed by atoms with Gasteiger partial charge in [0.2, 0.25) is 0 Å². The van der Waals surface area contributed by atoms with Gasteiger partial charge in [0.15, 0.2) is 0 Å². The number of ether oxygens (including phenoxy) is 1. The highest BCUT2D eigenvalue weighted by molar-refractivity contribution is 5.67. The molecule has 0 rings (SSSR count). The Balaban J connectivity index is 3.89. The molecule has 0 saturated heterocycles. The van der Waals surface area contributed by atoms with Gasteiger partial charge in [-0.2, -0.15) is 0 Å². The van der Waals surface area contributed by atoms with Crippen LogP contribution in [-0.2, 0) is 4.74 Å². The van der Waals surface area contributed by atoms with E-state index >= 15 is 0 Å². The molecule has 0 atom stereocenters. The zero-order valence-electron chi connectivity index (χ0n) is 11.7. The van der Waals surface area contributed by atoms with Crippen molar-refractivity contribution in [2.24, 2.45) is 0 Å². The van der Waals surface area contributed by atoms with E-state index in [1.54, 1.807) is 11.9 Å². The second-order valence-electron chi connectivity index (χ2n) is 6.08. The van der Waals surface area contributed by atoms with Crippen molar-refractivity contribution in [2.75, 3.05) is 20.1 Å². The van der Waals surface area contributed by atoms with Crippen molar-refractivity contribution in [3.8, 4) is 0 Å². The zero-order valence-corrected chi connectivity index (χ0v) is 11.7. The van der Waals surface area contributed by atoms with Gasteiger partial charge in [-0.3, -0.25) is 0 Å². The molecular formula is C12H26N2O2. The summed E-state index contributed by atoms with van der Waals surface area (Å²) in [6.07, 6.45) is -0.275. The number of nitrogens with zero attached hydrogens (tertiary/aromatic N) is 1. The molecule has 1 N–H and O–H groups in total. The highest BCUT2D eigenvalue weighted by Crippen LogP contribution is 2.08. The van der Waals surface area contributed by atoms with Gasteiger partial charge in [0.05, 0.1) is 0 Å². The average molecular weight is 230 g/mol. The first-order chi connectivity index (χ1) is 7.01. The molecule has 0 radical (unpaired) electrons. The molecule has 0 heterocycles. The van der Waals surface area contributed by atoms with E-state index in [4.69, 9.17) is 4.74 Å². The zero-order chi connectivity index (χ0) is 13.0. The largest absolute Gasteiger partial charge is 0.444 e. The molecule has 1 amide bonds. The smallest absolute Gasteiger partial charge is 0.410 e. The minimum Gasteiger partial charge on any atom is -0.444 e. The molecule has 96 valence electrons. The van der Waals surface area contributed by atoms with Gasteiger partial charge in [-0.05, 0) is 41.5 Å². The maximum Gasteiger partial charge on any atom is 0.410 e. The Morgan fingerprint density at radius 2 is 1.69 bits per heavy atom. The maximum atomic E-state index is 11.6. The molecule has 0 saturated carbocycles. The predicted octanol–water partition coefficient (Wildman–Crippen LogP) is 2.24. The Bertz CT molecular complexity index is 226. The van der Waals surface area contributed by atoms with Crippen LogP contribution >= 0.6 is 0 Å². The fourth-order valence-electron chi connectivity index (χ4n) is 1.03. The lowest BCUT2D eigenvalue weighted by Gasteiger charge is -2.26. The normalized spacial score (nSPS) is 12.4. The number of likely N-dealkylation sites (N-methyl/N-ethyl adjacent to an activating group) is 1. The minimum atomic E-state index is -0.428. The molecular weight excluding hydrogens is 204 g/mol. The van der Waals surface area contributed by atoms with Crippen LogP contribution in [0.1, 0.15) is 41.5 Å². The van der Waals surface area contributed by atoms with Gasteiger partial charge in [0.1, 0.15) is 5.60 Å². The Morgan fingerprint density at radius 3 is 2.06 bits per heavy atom. The molecule has 0 aliphatic heterocycles. The van der Waals surface area contributed by atoms with E-state index in [1.807, 2.05) is 20.8 Å². The molecule has 0 unspecified atom stereocenters. The van der Waals surface area contributed by atoms with E-state index in [0.717, 1.165) is 6.54 Å². The third kappa shape index (κ3) is 8.53. The summed E-state index contributed by atoms with van der Waals surface area (Å²) in [4.78, 5) is 13.2. The van der Waals surface area contributed by atoms with Crippen molar-refractivity contribution in [3.05, 3.63) is 0 Å². The number of carbonyl (C=O) groups is 1. The van der Waals surface area contributed by atoms with E-state index < -0.39 is 5.60 Å². The van der Waals surface area contributed by atoms with Crippen molar-refractivity contribution < 1.29 is 9.53 Å². The first-order valence-electron chi connectivity index (χ1n) is 5.70. The Morgan fingerprint density at radius 1 is 1.19 bits per heavy atom. The maximum absolute atomic E-state index is 11.6. The van der Waals surface area contributed by atoms with Crippen molar-refractivity contribution in [3.63, 3.8) is 0 Å². The minimum absolute atomic E-state index is 0.0781. The van der Waals surface area contributed by atoms with Crippen LogP contribution in [0, 0.1) is 0 Å². The quantitative estimate of drug-likeness (QED) is 0.808. The van der Waals surface area contributed by atoms with E-state index in [-0.39, 0.29) is 11.6 Å². The third-order valence-corrected chi connectivity index (χ3v) is 1.81. The number of hydrogen-bond acceptors (Lipinski definition) is 3. The molecule has 4 heteroatoms. The SMILES string of the molecule is CN(CCNC(C)(C)C)C(=O)OC(C)(C)C. The van der Waals surface area contributed by atoms with E-state index in [0.29, 0.717) is 6.54 Å². The summed E-state index contributed by atoms with van der Waals surface area (Å²) in [5.41, 5.74) is -0.350. The highest BCUT2D eigenvalue weighted by atomic mass is 16.6. The molecule has 0 fully saturated rings. The van der Waals surface area contributed by atoms with Gasteiger partial charge in [-0.1, -0.05) is 0 Å². The summed E-state index contributed by atoms with van der Waals surface area (Å²) in [6, 6.07) is 0.